The number of nitrogens with two attached hydrogens (primary N) is 1. The highest BCUT2D eigenvalue weighted by atomic mass is 35.5. The largest absolute Gasteiger partial charge is 0.495 e. The van der Waals surface area contributed by atoms with E-state index in [-0.39, 0.29) is 6.03 Å². The first-order chi connectivity index (χ1) is 10.1. The molecule has 110 valence electrons. The lowest BCUT2D eigenvalue weighted by atomic mass is 10.2. The lowest BCUT2D eigenvalue weighted by Gasteiger charge is -2.10. The van der Waals surface area contributed by atoms with Crippen molar-refractivity contribution in [3.63, 3.8) is 0 Å². The lowest BCUT2D eigenvalue weighted by molar-refractivity contribution is 0.251. The van der Waals surface area contributed by atoms with Gasteiger partial charge in [0.1, 0.15) is 5.75 Å². The van der Waals surface area contributed by atoms with Crippen molar-refractivity contribution >= 4 is 29.0 Å². The normalized spacial score (nSPS) is 10.0. The summed E-state index contributed by atoms with van der Waals surface area (Å²) in [5.41, 5.74) is 7.86. The van der Waals surface area contributed by atoms with Crippen molar-refractivity contribution in [2.24, 2.45) is 0 Å². The Morgan fingerprint density at radius 3 is 2.76 bits per heavy atom. The van der Waals surface area contributed by atoms with E-state index in [2.05, 4.69) is 10.6 Å². The van der Waals surface area contributed by atoms with Gasteiger partial charge in [-0.25, -0.2) is 4.79 Å². The zero-order valence-electron chi connectivity index (χ0n) is 11.5. The van der Waals surface area contributed by atoms with Crippen molar-refractivity contribution in [1.82, 2.24) is 5.32 Å². The fourth-order valence-corrected chi connectivity index (χ4v) is 2.01. The van der Waals surface area contributed by atoms with E-state index in [4.69, 9.17) is 22.1 Å². The smallest absolute Gasteiger partial charge is 0.319 e. The first-order valence-electron chi connectivity index (χ1n) is 6.31. The number of nitrogens with one attached hydrogen (secondary N) is 2. The standard InChI is InChI=1S/C15H16ClN3O2/c1-21-14-6-5-10(7-13(14)17)9-18-15(20)19-12-4-2-3-11(16)8-12/h2-8H,9,17H2,1H3,(H2,18,19,20). The predicted molar refractivity (Wildman–Crippen MR) is 84.7 cm³/mol. The summed E-state index contributed by atoms with van der Waals surface area (Å²) in [7, 11) is 1.56. The van der Waals surface area contributed by atoms with E-state index in [1.807, 2.05) is 6.07 Å². The lowest BCUT2D eigenvalue weighted by Crippen LogP contribution is -2.28. The highest BCUT2D eigenvalue weighted by molar-refractivity contribution is 6.30. The molecule has 0 fully saturated rings. The van der Waals surface area contributed by atoms with Gasteiger partial charge in [0.25, 0.3) is 0 Å². The van der Waals surface area contributed by atoms with Crippen LogP contribution in [0.2, 0.25) is 5.02 Å². The predicted octanol–water partition coefficient (Wildman–Crippen LogP) is 3.25. The first-order valence-corrected chi connectivity index (χ1v) is 6.69. The van der Waals surface area contributed by atoms with Gasteiger partial charge < -0.3 is 21.1 Å². The highest BCUT2D eigenvalue weighted by Crippen LogP contribution is 2.21. The Morgan fingerprint density at radius 1 is 1.29 bits per heavy atom. The van der Waals surface area contributed by atoms with Crippen LogP contribution in [0.15, 0.2) is 42.5 Å². The van der Waals surface area contributed by atoms with Crippen LogP contribution in [-0.2, 0) is 6.54 Å². The third-order valence-corrected chi connectivity index (χ3v) is 3.06. The quantitative estimate of drug-likeness (QED) is 0.759. The zero-order valence-corrected chi connectivity index (χ0v) is 12.3. The molecule has 2 aromatic rings. The molecule has 0 spiro atoms. The second kappa shape index (κ2) is 6.85. The van der Waals surface area contributed by atoms with Gasteiger partial charge in [-0.15, -0.1) is 0 Å². The van der Waals surface area contributed by atoms with Gasteiger partial charge in [-0.05, 0) is 35.9 Å². The molecule has 0 atom stereocenters. The molecule has 2 amide bonds. The number of carbonyl (C=O) groups excluding carboxylic acids is 1. The van der Waals surface area contributed by atoms with Crippen LogP contribution in [-0.4, -0.2) is 13.1 Å². The van der Waals surface area contributed by atoms with Gasteiger partial charge in [-0.2, -0.15) is 0 Å². The van der Waals surface area contributed by atoms with Crippen LogP contribution >= 0.6 is 11.6 Å². The maximum absolute atomic E-state index is 11.8. The first kappa shape index (κ1) is 15.0. The Morgan fingerprint density at radius 2 is 2.10 bits per heavy atom. The number of hydrogen-bond donors (Lipinski definition) is 3. The monoisotopic (exact) mass is 305 g/mol. The highest BCUT2D eigenvalue weighted by Gasteiger charge is 2.04. The van der Waals surface area contributed by atoms with Crippen LogP contribution in [0.25, 0.3) is 0 Å². The van der Waals surface area contributed by atoms with E-state index in [0.717, 1.165) is 5.56 Å². The van der Waals surface area contributed by atoms with Crippen LogP contribution < -0.4 is 21.1 Å². The molecule has 6 heteroatoms. The van der Waals surface area contributed by atoms with Gasteiger partial charge in [0.15, 0.2) is 0 Å². The summed E-state index contributed by atoms with van der Waals surface area (Å²) in [5, 5.41) is 6.01. The van der Waals surface area contributed by atoms with E-state index >= 15 is 0 Å². The van der Waals surface area contributed by atoms with Crippen molar-refractivity contribution in [2.75, 3.05) is 18.2 Å². The third kappa shape index (κ3) is 4.29. The Hall–Kier alpha value is -2.40. The molecule has 0 heterocycles. The maximum Gasteiger partial charge on any atom is 0.319 e. The average molecular weight is 306 g/mol. The minimum absolute atomic E-state index is 0.313. The summed E-state index contributed by atoms with van der Waals surface area (Å²) in [6, 6.07) is 12.0. The van der Waals surface area contributed by atoms with Gasteiger partial charge in [-0.3, -0.25) is 0 Å². The number of rotatable bonds is 4. The van der Waals surface area contributed by atoms with Crippen LogP contribution in [0.1, 0.15) is 5.56 Å². The van der Waals surface area contributed by atoms with Crippen LogP contribution in [0.3, 0.4) is 0 Å². The molecule has 0 saturated heterocycles. The summed E-state index contributed by atoms with van der Waals surface area (Å²) < 4.78 is 5.08. The second-order valence-corrected chi connectivity index (χ2v) is 4.83. The molecular formula is C15H16ClN3O2. The van der Waals surface area contributed by atoms with E-state index in [1.165, 1.54) is 0 Å². The van der Waals surface area contributed by atoms with E-state index in [9.17, 15) is 4.79 Å². The molecule has 0 saturated carbocycles. The number of carbonyl (C=O) groups is 1. The average Bonchev–Trinajstić information content (AvgIpc) is 2.45. The fourth-order valence-electron chi connectivity index (χ4n) is 1.82. The molecule has 4 N–H and O–H groups in total. The maximum atomic E-state index is 11.8. The topological polar surface area (TPSA) is 76.4 Å². The van der Waals surface area contributed by atoms with E-state index in [1.54, 1.807) is 43.5 Å². The Kier molecular flexibility index (Phi) is 4.90. The fraction of sp³-hybridized carbons (Fsp3) is 0.133. The Labute approximate surface area is 128 Å². The molecule has 0 aliphatic rings. The van der Waals surface area contributed by atoms with Crippen LogP contribution in [0, 0.1) is 0 Å². The molecule has 21 heavy (non-hydrogen) atoms. The molecule has 0 aliphatic heterocycles. The van der Waals surface area contributed by atoms with Crippen LogP contribution in [0.4, 0.5) is 16.2 Å². The number of urea groups is 1. The van der Waals surface area contributed by atoms with Gasteiger partial charge in [0.2, 0.25) is 0 Å². The van der Waals surface area contributed by atoms with Crippen molar-refractivity contribution in [3.05, 3.63) is 53.1 Å². The van der Waals surface area contributed by atoms with E-state index in [0.29, 0.717) is 28.7 Å². The van der Waals surface area contributed by atoms with Gasteiger partial charge in [0.05, 0.1) is 12.8 Å². The van der Waals surface area contributed by atoms with Crippen molar-refractivity contribution in [3.8, 4) is 5.75 Å². The van der Waals surface area contributed by atoms with E-state index < -0.39 is 0 Å². The summed E-state index contributed by atoms with van der Waals surface area (Å²) >= 11 is 5.85. The minimum atomic E-state index is -0.313. The second-order valence-electron chi connectivity index (χ2n) is 4.39. The zero-order chi connectivity index (χ0) is 15.2. The van der Waals surface area contributed by atoms with Crippen molar-refractivity contribution in [2.45, 2.75) is 6.54 Å². The number of anilines is 2. The molecule has 5 nitrogen and oxygen atoms in total. The summed E-state index contributed by atoms with van der Waals surface area (Å²) in [4.78, 5) is 11.8. The number of nitrogen functional groups attached to an aromatic ring is 1. The summed E-state index contributed by atoms with van der Waals surface area (Å²) in [6.45, 7) is 0.362. The number of hydrogen-bond acceptors (Lipinski definition) is 3. The molecule has 2 aromatic carbocycles. The number of benzene rings is 2. The third-order valence-electron chi connectivity index (χ3n) is 2.83. The Bertz CT molecular complexity index is 647. The molecule has 2 rings (SSSR count). The number of ether oxygens (including phenoxy) is 1. The molecule has 0 bridgehead atoms. The molecule has 0 unspecified atom stereocenters. The van der Waals surface area contributed by atoms with Crippen molar-refractivity contribution < 1.29 is 9.53 Å². The van der Waals surface area contributed by atoms with Gasteiger partial charge in [-0.1, -0.05) is 23.7 Å². The number of methoxy groups -OCH3 is 1. The Balaban J connectivity index is 1.90. The molecule has 0 aromatic heterocycles. The SMILES string of the molecule is COc1ccc(CNC(=O)Nc2cccc(Cl)c2)cc1N. The van der Waals surface area contributed by atoms with Crippen LogP contribution in [0.5, 0.6) is 5.75 Å². The summed E-state index contributed by atoms with van der Waals surface area (Å²) in [5.74, 6) is 0.613. The number of halogens is 1. The van der Waals surface area contributed by atoms with Gasteiger partial charge in [0, 0.05) is 17.3 Å². The molecular weight excluding hydrogens is 290 g/mol. The molecule has 0 radical (unpaired) electrons. The number of amides is 2. The van der Waals surface area contributed by atoms with Crippen molar-refractivity contribution in [1.29, 1.82) is 0 Å². The minimum Gasteiger partial charge on any atom is -0.495 e. The van der Waals surface area contributed by atoms with Gasteiger partial charge >= 0.3 is 6.03 Å². The summed E-state index contributed by atoms with van der Waals surface area (Å²) in [6.07, 6.45) is 0. The molecule has 0 aliphatic carbocycles.